The predicted octanol–water partition coefficient (Wildman–Crippen LogP) is 2.24. The van der Waals surface area contributed by atoms with Gasteiger partial charge in [0.05, 0.1) is 22.7 Å². The van der Waals surface area contributed by atoms with Crippen molar-refractivity contribution in [2.24, 2.45) is 0 Å². The minimum atomic E-state index is -4.59. The van der Waals surface area contributed by atoms with Crippen molar-refractivity contribution >= 4 is 10.0 Å². The van der Waals surface area contributed by atoms with E-state index in [9.17, 15) is 21.6 Å². The number of fused-ring (bicyclic) bond motifs is 1. The Morgan fingerprint density at radius 3 is 2.74 bits per heavy atom. The van der Waals surface area contributed by atoms with Crippen molar-refractivity contribution in [3.8, 4) is 0 Å². The van der Waals surface area contributed by atoms with E-state index in [1.165, 1.54) is 12.4 Å². The molecule has 1 aromatic carbocycles. The van der Waals surface area contributed by atoms with Crippen molar-refractivity contribution in [3.05, 3.63) is 53.6 Å². The van der Waals surface area contributed by atoms with Gasteiger partial charge in [-0.2, -0.15) is 17.5 Å². The predicted molar refractivity (Wildman–Crippen MR) is 74.8 cm³/mol. The normalized spacial score (nSPS) is 16.1. The molecule has 0 spiro atoms. The number of rotatable bonds is 2. The molecule has 3 rings (SSSR count). The second-order valence-electron chi connectivity index (χ2n) is 5.11. The molecule has 23 heavy (non-hydrogen) atoms. The second kappa shape index (κ2) is 5.57. The van der Waals surface area contributed by atoms with Crippen LogP contribution in [0.5, 0.6) is 0 Å². The lowest BCUT2D eigenvalue weighted by atomic mass is 10.1. The zero-order valence-electron chi connectivity index (χ0n) is 11.8. The standard InChI is InChI=1S/C14H12F3N3O2S/c15-14(16,17)11-2-1-3-12(6-11)23(21,22)20-5-4-10-7-18-9-19-13(10)8-20/h1-3,6-7,9H,4-5,8H2. The van der Waals surface area contributed by atoms with Gasteiger partial charge in [0.25, 0.3) is 0 Å². The Balaban J connectivity index is 1.94. The van der Waals surface area contributed by atoms with Gasteiger partial charge in [0.15, 0.2) is 0 Å². The van der Waals surface area contributed by atoms with Crippen LogP contribution in [0.25, 0.3) is 0 Å². The smallest absolute Gasteiger partial charge is 0.245 e. The molecular weight excluding hydrogens is 331 g/mol. The molecule has 0 saturated heterocycles. The third kappa shape index (κ3) is 3.06. The number of benzene rings is 1. The highest BCUT2D eigenvalue weighted by atomic mass is 32.2. The number of nitrogens with zero attached hydrogens (tertiary/aromatic N) is 3. The van der Waals surface area contributed by atoms with Gasteiger partial charge in [0.1, 0.15) is 6.33 Å². The average Bonchev–Trinajstić information content (AvgIpc) is 2.53. The SMILES string of the molecule is O=S(=O)(c1cccc(C(F)(F)F)c1)N1CCc2cncnc2C1. The first kappa shape index (κ1) is 15.9. The molecular formula is C14H12F3N3O2S. The van der Waals surface area contributed by atoms with E-state index in [4.69, 9.17) is 0 Å². The molecule has 0 bridgehead atoms. The Kier molecular flexibility index (Phi) is 3.85. The Bertz CT molecular complexity index is 837. The van der Waals surface area contributed by atoms with Crippen LogP contribution in [0.4, 0.5) is 13.2 Å². The lowest BCUT2D eigenvalue weighted by Crippen LogP contribution is -2.36. The highest BCUT2D eigenvalue weighted by molar-refractivity contribution is 7.89. The van der Waals surface area contributed by atoms with Crippen molar-refractivity contribution < 1.29 is 21.6 Å². The van der Waals surface area contributed by atoms with Crippen molar-refractivity contribution in [1.29, 1.82) is 0 Å². The maximum absolute atomic E-state index is 12.8. The van der Waals surface area contributed by atoms with E-state index in [1.54, 1.807) is 6.20 Å². The Morgan fingerprint density at radius 2 is 2.00 bits per heavy atom. The molecule has 2 aromatic rings. The summed E-state index contributed by atoms with van der Waals surface area (Å²) < 4.78 is 64.6. The summed E-state index contributed by atoms with van der Waals surface area (Å²) in [5.74, 6) is 0. The quantitative estimate of drug-likeness (QED) is 0.839. The molecule has 1 aromatic heterocycles. The number of aromatic nitrogens is 2. The van der Waals surface area contributed by atoms with Crippen LogP contribution in [-0.2, 0) is 29.2 Å². The van der Waals surface area contributed by atoms with E-state index in [0.717, 1.165) is 22.0 Å². The summed E-state index contributed by atoms with van der Waals surface area (Å²) in [6.45, 7) is 0.204. The lowest BCUT2D eigenvalue weighted by Gasteiger charge is -2.27. The summed E-state index contributed by atoms with van der Waals surface area (Å²) >= 11 is 0. The summed E-state index contributed by atoms with van der Waals surface area (Å²) in [6.07, 6.45) is -1.22. The number of hydrogen-bond acceptors (Lipinski definition) is 4. The summed E-state index contributed by atoms with van der Waals surface area (Å²) in [7, 11) is -4.01. The number of halogens is 3. The van der Waals surface area contributed by atoms with Gasteiger partial charge in [0, 0.05) is 12.7 Å². The zero-order chi connectivity index (χ0) is 16.7. The van der Waals surface area contributed by atoms with E-state index < -0.39 is 21.8 Å². The summed E-state index contributed by atoms with van der Waals surface area (Å²) in [4.78, 5) is 7.54. The number of alkyl halides is 3. The van der Waals surface area contributed by atoms with Gasteiger partial charge in [-0.05, 0) is 30.2 Å². The molecule has 2 heterocycles. The topological polar surface area (TPSA) is 63.2 Å². The lowest BCUT2D eigenvalue weighted by molar-refractivity contribution is -0.137. The molecule has 1 aliphatic heterocycles. The molecule has 0 aliphatic carbocycles. The third-order valence-corrected chi connectivity index (χ3v) is 5.48. The molecule has 122 valence electrons. The van der Waals surface area contributed by atoms with Crippen LogP contribution >= 0.6 is 0 Å². The van der Waals surface area contributed by atoms with Gasteiger partial charge in [0.2, 0.25) is 10.0 Å². The Hall–Kier alpha value is -2.00. The first-order chi connectivity index (χ1) is 10.8. The van der Waals surface area contributed by atoms with Crippen LogP contribution in [0.15, 0.2) is 41.7 Å². The number of sulfonamides is 1. The van der Waals surface area contributed by atoms with Crippen molar-refractivity contribution in [3.63, 3.8) is 0 Å². The van der Waals surface area contributed by atoms with Crippen molar-refractivity contribution in [2.75, 3.05) is 6.54 Å². The Labute approximate surface area is 130 Å². The molecule has 0 atom stereocenters. The molecule has 5 nitrogen and oxygen atoms in total. The van der Waals surface area contributed by atoms with Crippen LogP contribution < -0.4 is 0 Å². The van der Waals surface area contributed by atoms with Gasteiger partial charge in [-0.1, -0.05) is 6.07 Å². The van der Waals surface area contributed by atoms with Gasteiger partial charge < -0.3 is 0 Å². The maximum Gasteiger partial charge on any atom is 0.416 e. The fraction of sp³-hybridized carbons (Fsp3) is 0.286. The van der Waals surface area contributed by atoms with Gasteiger partial charge in [-0.15, -0.1) is 0 Å². The van der Waals surface area contributed by atoms with E-state index >= 15 is 0 Å². The molecule has 0 N–H and O–H groups in total. The minimum Gasteiger partial charge on any atom is -0.245 e. The van der Waals surface area contributed by atoms with Gasteiger partial charge in [-0.3, -0.25) is 0 Å². The highest BCUT2D eigenvalue weighted by Gasteiger charge is 2.34. The van der Waals surface area contributed by atoms with Crippen LogP contribution in [0.2, 0.25) is 0 Å². The first-order valence-electron chi connectivity index (χ1n) is 6.73. The number of hydrogen-bond donors (Lipinski definition) is 0. The zero-order valence-corrected chi connectivity index (χ0v) is 12.6. The molecule has 9 heteroatoms. The van der Waals surface area contributed by atoms with Crippen LogP contribution in [-0.4, -0.2) is 29.2 Å². The molecule has 0 radical (unpaired) electrons. The van der Waals surface area contributed by atoms with E-state index in [2.05, 4.69) is 9.97 Å². The molecule has 1 aliphatic rings. The van der Waals surface area contributed by atoms with Crippen LogP contribution in [0, 0.1) is 0 Å². The molecule has 0 amide bonds. The van der Waals surface area contributed by atoms with Gasteiger partial charge in [-0.25, -0.2) is 18.4 Å². The van der Waals surface area contributed by atoms with Crippen molar-refractivity contribution in [2.45, 2.75) is 24.0 Å². The largest absolute Gasteiger partial charge is 0.416 e. The molecule has 0 saturated carbocycles. The van der Waals surface area contributed by atoms with E-state index in [-0.39, 0.29) is 18.0 Å². The average molecular weight is 343 g/mol. The minimum absolute atomic E-state index is 0.0242. The van der Waals surface area contributed by atoms with Crippen LogP contribution in [0.1, 0.15) is 16.8 Å². The summed E-state index contributed by atoms with van der Waals surface area (Å²) in [5.41, 5.74) is 0.433. The summed E-state index contributed by atoms with van der Waals surface area (Å²) in [5, 5.41) is 0. The first-order valence-corrected chi connectivity index (χ1v) is 8.17. The summed E-state index contributed by atoms with van der Waals surface area (Å²) in [6, 6.07) is 3.76. The fourth-order valence-electron chi connectivity index (χ4n) is 2.41. The Morgan fingerprint density at radius 1 is 1.22 bits per heavy atom. The van der Waals surface area contributed by atoms with Gasteiger partial charge >= 0.3 is 6.18 Å². The third-order valence-electron chi connectivity index (χ3n) is 3.64. The fourth-order valence-corrected chi connectivity index (χ4v) is 3.86. The highest BCUT2D eigenvalue weighted by Crippen LogP contribution is 2.31. The van der Waals surface area contributed by atoms with E-state index in [0.29, 0.717) is 18.2 Å². The maximum atomic E-state index is 12.8. The van der Waals surface area contributed by atoms with Crippen molar-refractivity contribution in [1.82, 2.24) is 14.3 Å². The second-order valence-corrected chi connectivity index (χ2v) is 7.05. The molecule has 0 unspecified atom stereocenters. The van der Waals surface area contributed by atoms with E-state index in [1.807, 2.05) is 0 Å². The van der Waals surface area contributed by atoms with Crippen LogP contribution in [0.3, 0.4) is 0 Å². The monoisotopic (exact) mass is 343 g/mol. The molecule has 0 fully saturated rings.